The van der Waals surface area contributed by atoms with Gasteiger partial charge in [-0.25, -0.2) is 4.72 Å². The zero-order valence-corrected chi connectivity index (χ0v) is 10.7. The van der Waals surface area contributed by atoms with Crippen LogP contribution in [-0.4, -0.2) is 26.4 Å². The van der Waals surface area contributed by atoms with E-state index in [-0.39, 0.29) is 0 Å². The van der Waals surface area contributed by atoms with E-state index in [1.807, 2.05) is 4.72 Å². The Morgan fingerprint density at radius 3 is 2.35 bits per heavy atom. The maximum absolute atomic E-state index is 11.8. The minimum absolute atomic E-state index is 0.393. The Bertz CT molecular complexity index is 485. The summed E-state index contributed by atoms with van der Waals surface area (Å²) >= 11 is 0. The molecule has 0 aromatic carbocycles. The van der Waals surface area contributed by atoms with Crippen LogP contribution in [0.2, 0.25) is 0 Å². The lowest BCUT2D eigenvalue weighted by molar-refractivity contribution is -0.122. The van der Waals surface area contributed by atoms with Gasteiger partial charge in [0.05, 0.1) is 5.69 Å². The van der Waals surface area contributed by atoms with Crippen LogP contribution in [0.25, 0.3) is 0 Å². The molecule has 0 bridgehead atoms. The number of nitrogens with one attached hydrogen (secondary N) is 1. The number of carbonyl (C=O) groups is 1. The molecule has 6 nitrogen and oxygen atoms in total. The molecular weight excluding hydrogens is 242 g/mol. The first-order valence-corrected chi connectivity index (χ1v) is 6.49. The van der Waals surface area contributed by atoms with Crippen LogP contribution in [0.1, 0.15) is 13.8 Å². The molecule has 0 unspecified atom stereocenters. The Kier molecular flexibility index (Phi) is 4.06. The highest BCUT2D eigenvalue weighted by Gasteiger charge is 2.22. The van der Waals surface area contributed by atoms with Gasteiger partial charge in [-0.2, -0.15) is 8.42 Å². The molecule has 17 heavy (non-hydrogen) atoms. The van der Waals surface area contributed by atoms with E-state index in [9.17, 15) is 13.2 Å². The highest BCUT2D eigenvalue weighted by Crippen LogP contribution is 2.13. The van der Waals surface area contributed by atoms with E-state index in [2.05, 4.69) is 4.98 Å². The molecule has 1 aromatic heterocycles. The van der Waals surface area contributed by atoms with E-state index in [0.29, 0.717) is 5.69 Å². The molecule has 0 atom stereocenters. The largest absolute Gasteiger partial charge is 0.325 e. The highest BCUT2D eigenvalue weighted by molar-refractivity contribution is 7.91. The van der Waals surface area contributed by atoms with Gasteiger partial charge < -0.3 is 0 Å². The smallest absolute Gasteiger partial charge is 0.274 e. The Morgan fingerprint density at radius 2 is 1.88 bits per heavy atom. The van der Waals surface area contributed by atoms with Crippen molar-refractivity contribution in [3.8, 4) is 0 Å². The molecule has 0 fully saturated rings. The first-order valence-electron chi connectivity index (χ1n) is 5.05. The number of nitrogens with zero attached hydrogens (tertiary/aromatic N) is 2. The summed E-state index contributed by atoms with van der Waals surface area (Å²) in [5.41, 5.74) is 0.434. The fourth-order valence-electron chi connectivity index (χ4n) is 1.01. The van der Waals surface area contributed by atoms with Crippen LogP contribution in [0.15, 0.2) is 24.5 Å². The van der Waals surface area contributed by atoms with E-state index in [1.165, 1.54) is 19.4 Å². The molecule has 0 aliphatic rings. The molecule has 0 aliphatic carbocycles. The lowest BCUT2D eigenvalue weighted by Crippen LogP contribution is -2.43. The fraction of sp³-hybridized carbons (Fsp3) is 0.400. The van der Waals surface area contributed by atoms with Gasteiger partial charge in [-0.15, -0.1) is 0 Å². The van der Waals surface area contributed by atoms with Crippen molar-refractivity contribution in [3.63, 3.8) is 0 Å². The molecule has 0 saturated carbocycles. The number of amides is 1. The summed E-state index contributed by atoms with van der Waals surface area (Å²) in [5, 5.41) is 0. The average Bonchev–Trinajstić information content (AvgIpc) is 2.28. The molecule has 0 aliphatic heterocycles. The molecule has 0 saturated heterocycles. The van der Waals surface area contributed by atoms with E-state index >= 15 is 0 Å². The molecule has 1 heterocycles. The minimum Gasteiger partial charge on any atom is -0.274 e. The Labute approximate surface area is 101 Å². The summed E-state index contributed by atoms with van der Waals surface area (Å²) in [7, 11) is -2.49. The van der Waals surface area contributed by atoms with Crippen molar-refractivity contribution in [1.82, 2.24) is 9.71 Å². The van der Waals surface area contributed by atoms with Gasteiger partial charge in [-0.05, 0) is 12.1 Å². The summed E-state index contributed by atoms with van der Waals surface area (Å²) in [6, 6.07) is 3.08. The van der Waals surface area contributed by atoms with E-state index in [1.54, 1.807) is 26.0 Å². The third-order valence-electron chi connectivity index (χ3n) is 2.14. The van der Waals surface area contributed by atoms with Gasteiger partial charge in [0, 0.05) is 25.4 Å². The van der Waals surface area contributed by atoms with Gasteiger partial charge >= 0.3 is 10.2 Å². The van der Waals surface area contributed by atoms with Crippen molar-refractivity contribution in [2.75, 3.05) is 11.4 Å². The van der Waals surface area contributed by atoms with Crippen LogP contribution in [0, 0.1) is 5.92 Å². The molecule has 0 radical (unpaired) electrons. The molecule has 1 N–H and O–H groups in total. The Balaban J connectivity index is 2.89. The van der Waals surface area contributed by atoms with Gasteiger partial charge in [0.15, 0.2) is 0 Å². The number of anilines is 1. The Morgan fingerprint density at radius 1 is 1.35 bits per heavy atom. The number of aromatic nitrogens is 1. The number of pyridine rings is 1. The SMILES string of the molecule is CC(C)C(=O)NS(=O)(=O)N(C)c1ccncc1. The van der Waals surface area contributed by atoms with Crippen molar-refractivity contribution >= 4 is 21.8 Å². The monoisotopic (exact) mass is 257 g/mol. The third-order valence-corrected chi connectivity index (χ3v) is 3.53. The fourth-order valence-corrected chi connectivity index (χ4v) is 2.03. The van der Waals surface area contributed by atoms with Gasteiger partial charge in [-0.3, -0.25) is 14.1 Å². The predicted octanol–water partition coefficient (Wildman–Crippen LogP) is 0.535. The van der Waals surface area contributed by atoms with Crippen molar-refractivity contribution < 1.29 is 13.2 Å². The second kappa shape index (κ2) is 5.13. The summed E-state index contributed by atoms with van der Waals surface area (Å²) in [4.78, 5) is 15.2. The first kappa shape index (κ1) is 13.4. The van der Waals surface area contributed by atoms with Gasteiger partial charge in [0.2, 0.25) is 5.91 Å². The zero-order valence-electron chi connectivity index (χ0n) is 9.91. The van der Waals surface area contributed by atoms with Crippen LogP contribution in [0.4, 0.5) is 5.69 Å². The summed E-state index contributed by atoms with van der Waals surface area (Å²) in [6.45, 7) is 3.24. The van der Waals surface area contributed by atoms with Crippen LogP contribution >= 0.6 is 0 Å². The molecule has 94 valence electrons. The lowest BCUT2D eigenvalue weighted by atomic mass is 10.2. The number of carbonyl (C=O) groups excluding carboxylic acids is 1. The summed E-state index contributed by atoms with van der Waals surface area (Å²) in [5.74, 6) is -0.929. The second-order valence-corrected chi connectivity index (χ2v) is 5.50. The van der Waals surface area contributed by atoms with Crippen LogP contribution in [-0.2, 0) is 15.0 Å². The van der Waals surface area contributed by atoms with E-state index in [0.717, 1.165) is 4.31 Å². The van der Waals surface area contributed by atoms with Gasteiger partial charge in [0.1, 0.15) is 0 Å². The Hall–Kier alpha value is -1.63. The zero-order chi connectivity index (χ0) is 13.1. The van der Waals surface area contributed by atoms with Crippen LogP contribution in [0.3, 0.4) is 0 Å². The molecule has 1 amide bonds. The molecule has 0 spiro atoms. The highest BCUT2D eigenvalue weighted by atomic mass is 32.2. The normalized spacial score (nSPS) is 11.3. The number of hydrogen-bond acceptors (Lipinski definition) is 4. The maximum Gasteiger partial charge on any atom is 0.325 e. The van der Waals surface area contributed by atoms with Gasteiger partial charge in [0.25, 0.3) is 0 Å². The number of hydrogen-bond donors (Lipinski definition) is 1. The quantitative estimate of drug-likeness (QED) is 0.853. The van der Waals surface area contributed by atoms with Crippen molar-refractivity contribution in [2.45, 2.75) is 13.8 Å². The third kappa shape index (κ3) is 3.42. The van der Waals surface area contributed by atoms with Crippen molar-refractivity contribution in [2.24, 2.45) is 5.92 Å². The van der Waals surface area contributed by atoms with E-state index in [4.69, 9.17) is 0 Å². The van der Waals surface area contributed by atoms with Gasteiger partial charge in [-0.1, -0.05) is 13.8 Å². The van der Waals surface area contributed by atoms with Crippen LogP contribution in [0.5, 0.6) is 0 Å². The standard InChI is InChI=1S/C10H15N3O3S/c1-8(2)10(14)12-17(15,16)13(3)9-4-6-11-7-5-9/h4-8H,1-3H3,(H,12,14). The molecular formula is C10H15N3O3S. The number of rotatable bonds is 4. The van der Waals surface area contributed by atoms with E-state index < -0.39 is 22.0 Å². The summed E-state index contributed by atoms with van der Waals surface area (Å²) in [6.07, 6.45) is 2.96. The molecule has 7 heteroatoms. The minimum atomic E-state index is -3.85. The lowest BCUT2D eigenvalue weighted by Gasteiger charge is -2.20. The predicted molar refractivity (Wildman–Crippen MR) is 64.5 cm³/mol. The first-order chi connectivity index (χ1) is 7.84. The topological polar surface area (TPSA) is 79.4 Å². The van der Waals surface area contributed by atoms with Crippen LogP contribution < -0.4 is 9.03 Å². The maximum atomic E-state index is 11.8. The molecule has 1 aromatic rings. The molecule has 1 rings (SSSR count). The summed E-state index contributed by atoms with van der Waals surface area (Å²) < 4.78 is 26.6. The van der Waals surface area contributed by atoms with Crippen molar-refractivity contribution in [3.05, 3.63) is 24.5 Å². The average molecular weight is 257 g/mol. The second-order valence-electron chi connectivity index (χ2n) is 3.80. The van der Waals surface area contributed by atoms with Crippen molar-refractivity contribution in [1.29, 1.82) is 0 Å².